The zero-order chi connectivity index (χ0) is 13.5. The Morgan fingerprint density at radius 2 is 2.17 bits per heavy atom. The predicted molar refractivity (Wildman–Crippen MR) is 77.2 cm³/mol. The molecule has 0 aliphatic carbocycles. The normalized spacial score (nSPS) is 13.8. The molecule has 0 saturated heterocycles. The highest BCUT2D eigenvalue weighted by molar-refractivity contribution is 9.10. The minimum atomic E-state index is -0.130. The lowest BCUT2D eigenvalue weighted by molar-refractivity contribution is -0.121. The lowest BCUT2D eigenvalue weighted by Gasteiger charge is -2.17. The van der Waals surface area contributed by atoms with Gasteiger partial charge in [-0.2, -0.15) is 0 Å². The molecule has 100 valence electrons. The lowest BCUT2D eigenvalue weighted by atomic mass is 10.1. The molecule has 0 bridgehead atoms. The number of halogens is 1. The second-order valence-electron chi connectivity index (χ2n) is 4.11. The van der Waals surface area contributed by atoms with Gasteiger partial charge in [0.1, 0.15) is 5.75 Å². The van der Waals surface area contributed by atoms with Crippen LogP contribution >= 0.6 is 15.9 Å². The van der Waals surface area contributed by atoms with Gasteiger partial charge in [-0.25, -0.2) is 0 Å². The molecule has 0 aliphatic rings. The van der Waals surface area contributed by atoms with Crippen LogP contribution in [0.5, 0.6) is 5.75 Å². The van der Waals surface area contributed by atoms with Crippen LogP contribution in [0.15, 0.2) is 24.3 Å². The largest absolute Gasteiger partial charge is 0.494 e. The number of benzene rings is 1. The van der Waals surface area contributed by atoms with Gasteiger partial charge < -0.3 is 10.1 Å². The Kier molecular flexibility index (Phi) is 6.19. The summed E-state index contributed by atoms with van der Waals surface area (Å²) in [6.45, 7) is 6.54. The minimum Gasteiger partial charge on any atom is -0.494 e. The van der Waals surface area contributed by atoms with Crippen LogP contribution in [0, 0.1) is 0 Å². The van der Waals surface area contributed by atoms with Crippen LogP contribution in [0.1, 0.15) is 38.8 Å². The molecule has 0 aromatic heterocycles. The number of hydrogen-bond donors (Lipinski definition) is 1. The zero-order valence-electron chi connectivity index (χ0n) is 11.1. The van der Waals surface area contributed by atoms with Crippen LogP contribution in [0.3, 0.4) is 0 Å². The molecular formula is C14H20BrNO2. The Labute approximate surface area is 117 Å². The van der Waals surface area contributed by atoms with Crippen molar-refractivity contribution in [3.05, 3.63) is 29.8 Å². The highest BCUT2D eigenvalue weighted by Gasteiger charge is 2.15. The summed E-state index contributed by atoms with van der Waals surface area (Å²) < 4.78 is 5.45. The first-order valence-corrected chi connectivity index (χ1v) is 7.17. The van der Waals surface area contributed by atoms with Gasteiger partial charge in [0.2, 0.25) is 5.91 Å². The van der Waals surface area contributed by atoms with Crippen LogP contribution in [0.4, 0.5) is 0 Å². The molecule has 0 saturated carbocycles. The smallest absolute Gasteiger partial charge is 0.234 e. The second kappa shape index (κ2) is 7.41. The van der Waals surface area contributed by atoms with E-state index in [1.165, 1.54) is 0 Å². The van der Waals surface area contributed by atoms with Crippen LogP contribution < -0.4 is 10.1 Å². The summed E-state index contributed by atoms with van der Waals surface area (Å²) in [6, 6.07) is 7.78. The Balaban J connectivity index is 2.68. The summed E-state index contributed by atoms with van der Waals surface area (Å²) in [7, 11) is 0. The van der Waals surface area contributed by atoms with Crippen LogP contribution in [0.25, 0.3) is 0 Å². The van der Waals surface area contributed by atoms with Gasteiger partial charge in [-0.3, -0.25) is 4.79 Å². The zero-order valence-corrected chi connectivity index (χ0v) is 12.7. The third-order valence-corrected chi connectivity index (χ3v) is 3.73. The van der Waals surface area contributed by atoms with E-state index >= 15 is 0 Å². The lowest BCUT2D eigenvalue weighted by Crippen LogP contribution is -2.32. The van der Waals surface area contributed by atoms with Gasteiger partial charge in [0.15, 0.2) is 0 Å². The molecule has 0 aliphatic heterocycles. The van der Waals surface area contributed by atoms with E-state index in [1.807, 2.05) is 45.0 Å². The fraction of sp³-hybridized carbons (Fsp3) is 0.500. The molecule has 4 heteroatoms. The molecule has 0 spiro atoms. The number of carbonyl (C=O) groups is 1. The van der Waals surface area contributed by atoms with E-state index < -0.39 is 0 Å². The molecule has 0 unspecified atom stereocenters. The quantitative estimate of drug-likeness (QED) is 0.817. The maximum Gasteiger partial charge on any atom is 0.234 e. The average Bonchev–Trinajstić information content (AvgIpc) is 2.38. The van der Waals surface area contributed by atoms with Crippen molar-refractivity contribution in [3.63, 3.8) is 0 Å². The van der Waals surface area contributed by atoms with E-state index in [4.69, 9.17) is 4.74 Å². The second-order valence-corrected chi connectivity index (χ2v) is 5.22. The van der Waals surface area contributed by atoms with Crippen molar-refractivity contribution in [2.45, 2.75) is 38.1 Å². The number of nitrogens with one attached hydrogen (secondary N) is 1. The van der Waals surface area contributed by atoms with E-state index in [0.29, 0.717) is 6.61 Å². The van der Waals surface area contributed by atoms with Crippen molar-refractivity contribution >= 4 is 21.8 Å². The van der Waals surface area contributed by atoms with Gasteiger partial charge in [0, 0.05) is 0 Å². The Morgan fingerprint density at radius 1 is 1.44 bits per heavy atom. The molecule has 18 heavy (non-hydrogen) atoms. The number of hydrogen-bond acceptors (Lipinski definition) is 2. The van der Waals surface area contributed by atoms with Gasteiger partial charge in [0.05, 0.1) is 17.5 Å². The summed E-state index contributed by atoms with van der Waals surface area (Å²) in [5.41, 5.74) is 1.05. The van der Waals surface area contributed by atoms with E-state index in [0.717, 1.165) is 17.7 Å². The van der Waals surface area contributed by atoms with Crippen LogP contribution in [-0.4, -0.2) is 17.3 Å². The molecule has 1 aromatic carbocycles. The predicted octanol–water partition coefficient (Wildman–Crippen LogP) is 3.44. The van der Waals surface area contributed by atoms with Gasteiger partial charge in [-0.1, -0.05) is 35.0 Å². The number of carbonyl (C=O) groups excluding carboxylic acids is 1. The summed E-state index contributed by atoms with van der Waals surface area (Å²) in [6.07, 6.45) is 0.775. The summed E-state index contributed by atoms with van der Waals surface area (Å²) in [4.78, 5) is 11.6. The van der Waals surface area contributed by atoms with E-state index in [-0.39, 0.29) is 16.8 Å². The van der Waals surface area contributed by atoms with E-state index in [1.54, 1.807) is 0 Å². The van der Waals surface area contributed by atoms with Crippen LogP contribution in [0.2, 0.25) is 0 Å². The molecular weight excluding hydrogens is 294 g/mol. The third kappa shape index (κ3) is 4.33. The number of rotatable bonds is 6. The SMILES string of the molecule is CCOc1cccc([C@@H](C)NC(=O)[C@@H](Br)CC)c1. The maximum atomic E-state index is 11.8. The number of amides is 1. The van der Waals surface area contributed by atoms with E-state index in [2.05, 4.69) is 21.2 Å². The van der Waals surface area contributed by atoms with Gasteiger partial charge >= 0.3 is 0 Å². The van der Waals surface area contributed by atoms with Crippen molar-refractivity contribution in [3.8, 4) is 5.75 Å². The monoisotopic (exact) mass is 313 g/mol. The molecule has 0 heterocycles. The van der Waals surface area contributed by atoms with Crippen molar-refractivity contribution < 1.29 is 9.53 Å². The summed E-state index contributed by atoms with van der Waals surface area (Å²) in [5.74, 6) is 0.855. The molecule has 3 nitrogen and oxygen atoms in total. The molecule has 1 aromatic rings. The Bertz CT molecular complexity index is 395. The van der Waals surface area contributed by atoms with Crippen molar-refractivity contribution in [1.29, 1.82) is 0 Å². The molecule has 0 radical (unpaired) electrons. The number of ether oxygens (including phenoxy) is 1. The van der Waals surface area contributed by atoms with Gasteiger partial charge in [-0.15, -0.1) is 0 Å². The van der Waals surface area contributed by atoms with Crippen molar-refractivity contribution in [2.75, 3.05) is 6.61 Å². The first-order valence-electron chi connectivity index (χ1n) is 6.25. The van der Waals surface area contributed by atoms with Gasteiger partial charge in [0.25, 0.3) is 0 Å². The molecule has 1 rings (SSSR count). The Hall–Kier alpha value is -1.03. The third-order valence-electron chi connectivity index (χ3n) is 2.67. The van der Waals surface area contributed by atoms with Crippen molar-refractivity contribution in [2.24, 2.45) is 0 Å². The number of alkyl halides is 1. The summed E-state index contributed by atoms with van der Waals surface area (Å²) >= 11 is 3.35. The Morgan fingerprint density at radius 3 is 2.78 bits per heavy atom. The summed E-state index contributed by atoms with van der Waals surface area (Å²) in [5, 5.41) is 2.97. The first kappa shape index (κ1) is 15.0. The minimum absolute atomic E-state index is 0.0202. The average molecular weight is 314 g/mol. The molecule has 0 fully saturated rings. The molecule has 1 N–H and O–H groups in total. The first-order chi connectivity index (χ1) is 8.58. The van der Waals surface area contributed by atoms with Crippen molar-refractivity contribution in [1.82, 2.24) is 5.32 Å². The fourth-order valence-corrected chi connectivity index (χ4v) is 1.75. The molecule has 1 amide bonds. The maximum absolute atomic E-state index is 11.8. The van der Waals surface area contributed by atoms with Crippen LogP contribution in [-0.2, 0) is 4.79 Å². The highest BCUT2D eigenvalue weighted by atomic mass is 79.9. The topological polar surface area (TPSA) is 38.3 Å². The highest BCUT2D eigenvalue weighted by Crippen LogP contribution is 2.19. The standard InChI is InChI=1S/C14H20BrNO2/c1-4-13(15)14(17)16-10(3)11-7-6-8-12(9-11)18-5-2/h6-10,13H,4-5H2,1-3H3,(H,16,17)/t10-,13+/m1/s1. The fourth-order valence-electron chi connectivity index (χ4n) is 1.61. The van der Waals surface area contributed by atoms with Gasteiger partial charge in [-0.05, 0) is 38.0 Å². The molecule has 2 atom stereocenters. The van der Waals surface area contributed by atoms with E-state index in [9.17, 15) is 4.79 Å².